The highest BCUT2D eigenvalue weighted by molar-refractivity contribution is 6.74. The molecule has 0 unspecified atom stereocenters. The first kappa shape index (κ1) is 22.3. The van der Waals surface area contributed by atoms with Crippen molar-refractivity contribution in [2.24, 2.45) is 0 Å². The number of carbonyl (C=O) groups is 1. The van der Waals surface area contributed by atoms with Crippen molar-refractivity contribution in [2.45, 2.75) is 57.5 Å². The molecular formula is C19H29ClN4O3Si. The van der Waals surface area contributed by atoms with Crippen LogP contribution in [-0.4, -0.2) is 44.8 Å². The molecule has 154 valence electrons. The Bertz CT molecular complexity index is 789. The van der Waals surface area contributed by atoms with Gasteiger partial charge < -0.3 is 25.5 Å². The monoisotopic (exact) mass is 424 g/mol. The number of nitriles is 1. The molecule has 4 N–H and O–H groups in total. The molecule has 0 bridgehead atoms. The van der Waals surface area contributed by atoms with Crippen LogP contribution in [0.2, 0.25) is 23.2 Å². The van der Waals surface area contributed by atoms with Crippen molar-refractivity contribution in [1.82, 2.24) is 5.32 Å². The smallest absolute Gasteiger partial charge is 0.404 e. The molecule has 1 heterocycles. The van der Waals surface area contributed by atoms with E-state index in [1.807, 2.05) is 4.90 Å². The molecule has 1 saturated heterocycles. The average Bonchev–Trinajstić information content (AvgIpc) is 2.57. The highest BCUT2D eigenvalue weighted by Crippen LogP contribution is 2.39. The highest BCUT2D eigenvalue weighted by atomic mass is 35.5. The number of nitrogens with two attached hydrogens (primary N) is 1. The Hall–Kier alpha value is -1.95. The average molecular weight is 425 g/mol. The molecular weight excluding hydrogens is 396 g/mol. The summed E-state index contributed by atoms with van der Waals surface area (Å²) < 4.78 is 6.57. The third-order valence-electron chi connectivity index (χ3n) is 5.67. The second kappa shape index (κ2) is 8.19. The third-order valence-corrected chi connectivity index (χ3v) is 10.6. The summed E-state index contributed by atoms with van der Waals surface area (Å²) in [6, 6.07) is 5.06. The topological polar surface area (TPSA) is 112 Å². The number of carboxylic acid groups (broad SMARTS) is 1. The van der Waals surface area contributed by atoms with E-state index in [1.54, 1.807) is 12.1 Å². The molecule has 1 aliphatic rings. The van der Waals surface area contributed by atoms with Crippen molar-refractivity contribution in [3.05, 3.63) is 22.7 Å². The number of nitrogen functional groups attached to an aromatic ring is 1. The maximum atomic E-state index is 11.3. The van der Waals surface area contributed by atoms with Crippen LogP contribution in [0.5, 0.6) is 0 Å². The fourth-order valence-electron chi connectivity index (χ4n) is 3.06. The molecule has 1 aliphatic heterocycles. The standard InChI is InChI=1S/C19H29ClN4O3Si/c1-19(2,3)28(4,5)27-16-11-24(7-6-14(16)23-18(25)26)15-9-12(10-21)8-13(22)17(15)20/h8-9,14,16,23H,6-7,11,22H2,1-5H3,(H,25,26)/t14-,16-/m0/s1. The summed E-state index contributed by atoms with van der Waals surface area (Å²) in [4.78, 5) is 13.3. The molecule has 2 rings (SSSR count). The van der Waals surface area contributed by atoms with E-state index < -0.39 is 14.4 Å². The number of piperidine rings is 1. The van der Waals surface area contributed by atoms with Gasteiger partial charge in [0.15, 0.2) is 8.32 Å². The van der Waals surface area contributed by atoms with Crippen molar-refractivity contribution < 1.29 is 14.3 Å². The maximum Gasteiger partial charge on any atom is 0.404 e. The van der Waals surface area contributed by atoms with Crippen LogP contribution in [0.15, 0.2) is 12.1 Å². The van der Waals surface area contributed by atoms with Gasteiger partial charge in [-0.2, -0.15) is 5.26 Å². The van der Waals surface area contributed by atoms with Gasteiger partial charge in [0.05, 0.1) is 40.2 Å². The molecule has 9 heteroatoms. The molecule has 0 spiro atoms. The van der Waals surface area contributed by atoms with Crippen LogP contribution < -0.4 is 16.0 Å². The van der Waals surface area contributed by atoms with Gasteiger partial charge in [-0.15, -0.1) is 0 Å². The summed E-state index contributed by atoms with van der Waals surface area (Å²) >= 11 is 6.41. The van der Waals surface area contributed by atoms with Gasteiger partial charge in [-0.25, -0.2) is 4.79 Å². The Kier molecular flexibility index (Phi) is 6.54. The molecule has 1 aromatic carbocycles. The minimum atomic E-state index is -2.13. The lowest BCUT2D eigenvalue weighted by atomic mass is 10.0. The second-order valence-electron chi connectivity index (χ2n) is 8.72. The van der Waals surface area contributed by atoms with Crippen LogP contribution in [0.1, 0.15) is 32.8 Å². The van der Waals surface area contributed by atoms with Gasteiger partial charge >= 0.3 is 6.09 Å². The Balaban J connectivity index is 2.34. The summed E-state index contributed by atoms with van der Waals surface area (Å²) in [5.41, 5.74) is 7.43. The Morgan fingerprint density at radius 3 is 2.64 bits per heavy atom. The number of hydrogen-bond acceptors (Lipinski definition) is 5. The van der Waals surface area contributed by atoms with Gasteiger partial charge in [0.25, 0.3) is 0 Å². The van der Waals surface area contributed by atoms with Gasteiger partial charge in [-0.3, -0.25) is 0 Å². The lowest BCUT2D eigenvalue weighted by Crippen LogP contribution is -2.59. The summed E-state index contributed by atoms with van der Waals surface area (Å²) in [7, 11) is -2.13. The van der Waals surface area contributed by atoms with E-state index in [9.17, 15) is 15.2 Å². The molecule has 0 saturated carbocycles. The lowest BCUT2D eigenvalue weighted by Gasteiger charge is -2.46. The normalized spacial score (nSPS) is 20.5. The molecule has 7 nitrogen and oxygen atoms in total. The Morgan fingerprint density at radius 1 is 1.46 bits per heavy atom. The van der Waals surface area contributed by atoms with Crippen molar-refractivity contribution in [1.29, 1.82) is 5.26 Å². The largest absolute Gasteiger partial charge is 0.465 e. The van der Waals surface area contributed by atoms with Crippen molar-refractivity contribution in [3.8, 4) is 6.07 Å². The Morgan fingerprint density at radius 2 is 2.11 bits per heavy atom. The molecule has 2 atom stereocenters. The quantitative estimate of drug-likeness (QED) is 0.497. The van der Waals surface area contributed by atoms with Crippen molar-refractivity contribution in [2.75, 3.05) is 23.7 Å². The van der Waals surface area contributed by atoms with Gasteiger partial charge in [0.1, 0.15) is 0 Å². The zero-order valence-electron chi connectivity index (χ0n) is 17.0. The zero-order valence-corrected chi connectivity index (χ0v) is 18.8. The second-order valence-corrected chi connectivity index (χ2v) is 13.9. The van der Waals surface area contributed by atoms with Crippen molar-refractivity contribution in [3.63, 3.8) is 0 Å². The minimum Gasteiger partial charge on any atom is -0.465 e. The van der Waals surface area contributed by atoms with E-state index in [1.165, 1.54) is 0 Å². The zero-order chi connectivity index (χ0) is 21.3. The predicted octanol–water partition coefficient (Wildman–Crippen LogP) is 4.03. The van der Waals surface area contributed by atoms with Crippen molar-refractivity contribution >= 4 is 37.4 Å². The van der Waals surface area contributed by atoms with E-state index >= 15 is 0 Å². The van der Waals surface area contributed by atoms with Gasteiger partial charge in [0.2, 0.25) is 0 Å². The fourth-order valence-corrected chi connectivity index (χ4v) is 4.64. The van der Waals surface area contributed by atoms with Crippen LogP contribution in [-0.2, 0) is 4.43 Å². The van der Waals surface area contributed by atoms with Gasteiger partial charge in [0, 0.05) is 13.1 Å². The first-order valence-corrected chi connectivity index (χ1v) is 12.6. The maximum absolute atomic E-state index is 11.3. The van der Waals surface area contributed by atoms with E-state index in [-0.39, 0.29) is 17.2 Å². The van der Waals surface area contributed by atoms with Crippen LogP contribution in [0.25, 0.3) is 0 Å². The number of anilines is 2. The van der Waals surface area contributed by atoms with Gasteiger partial charge in [-0.05, 0) is 36.7 Å². The molecule has 1 amide bonds. The summed E-state index contributed by atoms with van der Waals surface area (Å²) in [6.45, 7) is 11.8. The summed E-state index contributed by atoms with van der Waals surface area (Å²) in [5.74, 6) is 0. The number of halogens is 1. The van der Waals surface area contributed by atoms with E-state index in [2.05, 4.69) is 45.3 Å². The van der Waals surface area contributed by atoms with Crippen LogP contribution in [0, 0.1) is 11.3 Å². The van der Waals surface area contributed by atoms with E-state index in [4.69, 9.17) is 21.8 Å². The first-order chi connectivity index (χ1) is 12.9. The number of nitrogens with zero attached hydrogens (tertiary/aromatic N) is 2. The number of benzene rings is 1. The number of nitrogens with one attached hydrogen (secondary N) is 1. The third kappa shape index (κ3) is 4.90. The number of rotatable bonds is 4. The van der Waals surface area contributed by atoms with E-state index in [0.29, 0.717) is 41.5 Å². The fraction of sp³-hybridized carbons (Fsp3) is 0.579. The number of hydrogen-bond donors (Lipinski definition) is 3. The lowest BCUT2D eigenvalue weighted by molar-refractivity contribution is 0.115. The van der Waals surface area contributed by atoms with Crippen LogP contribution in [0.4, 0.5) is 16.2 Å². The van der Waals surface area contributed by atoms with E-state index in [0.717, 1.165) is 0 Å². The molecule has 0 radical (unpaired) electrons. The highest BCUT2D eigenvalue weighted by Gasteiger charge is 2.43. The van der Waals surface area contributed by atoms with Crippen LogP contribution >= 0.6 is 11.6 Å². The van der Waals surface area contributed by atoms with Crippen LogP contribution in [0.3, 0.4) is 0 Å². The molecule has 1 aromatic rings. The Labute approximate surface area is 172 Å². The molecule has 0 aliphatic carbocycles. The van der Waals surface area contributed by atoms with Gasteiger partial charge in [-0.1, -0.05) is 32.4 Å². The molecule has 28 heavy (non-hydrogen) atoms. The predicted molar refractivity (Wildman–Crippen MR) is 114 cm³/mol. The SMILES string of the molecule is CC(C)(C)[Si](C)(C)O[C@H]1CN(c2cc(C#N)cc(N)c2Cl)CC[C@@H]1NC(=O)O. The minimum absolute atomic E-state index is 0.00809. The molecule has 1 fully saturated rings. The summed E-state index contributed by atoms with van der Waals surface area (Å²) in [6.07, 6.45) is -0.816. The number of amides is 1. The first-order valence-electron chi connectivity index (χ1n) is 9.27. The summed E-state index contributed by atoms with van der Waals surface area (Å²) in [5, 5.41) is 21.5. The molecule has 0 aromatic heterocycles.